The van der Waals surface area contributed by atoms with Crippen LogP contribution in [0.5, 0.6) is 0 Å². The minimum Gasteiger partial charge on any atom is -0.342 e. The number of thioether (sulfide) groups is 1. The Labute approximate surface area is 140 Å². The second kappa shape index (κ2) is 7.55. The van der Waals surface area contributed by atoms with Gasteiger partial charge in [-0.1, -0.05) is 11.8 Å². The lowest BCUT2D eigenvalue weighted by Gasteiger charge is -2.32. The third kappa shape index (κ3) is 4.28. The van der Waals surface area contributed by atoms with Gasteiger partial charge >= 0.3 is 0 Å². The molecule has 0 spiro atoms. The molecule has 0 N–H and O–H groups in total. The van der Waals surface area contributed by atoms with Crippen molar-refractivity contribution < 1.29 is 4.79 Å². The van der Waals surface area contributed by atoms with E-state index in [1.54, 1.807) is 6.20 Å². The Kier molecular flexibility index (Phi) is 5.23. The summed E-state index contributed by atoms with van der Waals surface area (Å²) < 4.78 is 0. The van der Waals surface area contributed by atoms with E-state index in [1.165, 1.54) is 17.3 Å². The first-order chi connectivity index (χ1) is 11.2. The number of hydrogen-bond donors (Lipinski definition) is 0. The predicted octanol–water partition coefficient (Wildman–Crippen LogP) is 2.68. The molecule has 0 saturated carbocycles. The van der Waals surface area contributed by atoms with Crippen molar-refractivity contribution in [1.82, 2.24) is 19.9 Å². The third-order valence-electron chi connectivity index (χ3n) is 4.12. The Bertz CT molecular complexity index is 657. The van der Waals surface area contributed by atoms with Crippen molar-refractivity contribution in [3.05, 3.63) is 48.0 Å². The molecule has 0 aliphatic carbocycles. The highest BCUT2D eigenvalue weighted by Gasteiger charge is 2.23. The van der Waals surface area contributed by atoms with Crippen LogP contribution in [-0.4, -0.2) is 44.6 Å². The zero-order valence-electron chi connectivity index (χ0n) is 13.2. The van der Waals surface area contributed by atoms with Crippen molar-refractivity contribution in [3.8, 4) is 0 Å². The molecule has 0 unspecified atom stereocenters. The highest BCUT2D eigenvalue weighted by molar-refractivity contribution is 7.99. The molecule has 6 heteroatoms. The Morgan fingerprint density at radius 3 is 2.65 bits per heavy atom. The van der Waals surface area contributed by atoms with E-state index in [9.17, 15) is 4.79 Å². The molecule has 0 aromatic carbocycles. The smallest absolute Gasteiger partial charge is 0.233 e. The number of aryl methyl sites for hydroxylation is 1. The van der Waals surface area contributed by atoms with E-state index < -0.39 is 0 Å². The molecule has 120 valence electrons. The van der Waals surface area contributed by atoms with Crippen molar-refractivity contribution in [2.45, 2.75) is 30.8 Å². The van der Waals surface area contributed by atoms with Gasteiger partial charge in [-0.15, -0.1) is 0 Å². The van der Waals surface area contributed by atoms with E-state index in [0.29, 0.717) is 16.8 Å². The summed E-state index contributed by atoms with van der Waals surface area (Å²) in [6.45, 7) is 3.57. The average molecular weight is 328 g/mol. The Morgan fingerprint density at radius 1 is 1.22 bits per heavy atom. The van der Waals surface area contributed by atoms with Gasteiger partial charge in [0.1, 0.15) is 0 Å². The van der Waals surface area contributed by atoms with Crippen LogP contribution in [0.1, 0.15) is 30.0 Å². The van der Waals surface area contributed by atoms with E-state index in [4.69, 9.17) is 0 Å². The van der Waals surface area contributed by atoms with Gasteiger partial charge in [0.15, 0.2) is 5.16 Å². The zero-order chi connectivity index (χ0) is 16.1. The number of likely N-dealkylation sites (tertiary alicyclic amines) is 1. The number of carbonyl (C=O) groups excluding carboxylic acids is 1. The first kappa shape index (κ1) is 15.9. The predicted molar refractivity (Wildman–Crippen MR) is 90.3 cm³/mol. The molecule has 1 fully saturated rings. The average Bonchev–Trinajstić information content (AvgIpc) is 2.61. The minimum absolute atomic E-state index is 0.174. The summed E-state index contributed by atoms with van der Waals surface area (Å²) in [5.41, 5.74) is 2.25. The largest absolute Gasteiger partial charge is 0.342 e. The molecule has 5 nitrogen and oxygen atoms in total. The van der Waals surface area contributed by atoms with Crippen LogP contribution in [0.2, 0.25) is 0 Å². The maximum absolute atomic E-state index is 12.3. The molecular formula is C17H20N4OS. The number of pyridine rings is 1. The zero-order valence-corrected chi connectivity index (χ0v) is 14.0. The van der Waals surface area contributed by atoms with E-state index in [-0.39, 0.29) is 5.91 Å². The summed E-state index contributed by atoms with van der Waals surface area (Å²) >= 11 is 1.41. The van der Waals surface area contributed by atoms with Crippen molar-refractivity contribution in [1.29, 1.82) is 0 Å². The maximum Gasteiger partial charge on any atom is 0.233 e. The topological polar surface area (TPSA) is 59.0 Å². The lowest BCUT2D eigenvalue weighted by Crippen LogP contribution is -2.38. The number of rotatable bonds is 4. The Balaban J connectivity index is 1.48. The van der Waals surface area contributed by atoms with Crippen molar-refractivity contribution in [2.75, 3.05) is 18.8 Å². The van der Waals surface area contributed by atoms with E-state index >= 15 is 0 Å². The lowest BCUT2D eigenvalue weighted by molar-refractivity contribution is -0.129. The number of nitrogens with zero attached hydrogens (tertiary/aromatic N) is 4. The molecule has 0 atom stereocenters. The molecule has 1 aliphatic heterocycles. The number of amides is 1. The summed E-state index contributed by atoms with van der Waals surface area (Å²) in [7, 11) is 0. The Morgan fingerprint density at radius 2 is 1.96 bits per heavy atom. The van der Waals surface area contributed by atoms with E-state index in [1.807, 2.05) is 30.3 Å². The monoisotopic (exact) mass is 328 g/mol. The van der Waals surface area contributed by atoms with Crippen LogP contribution in [0.4, 0.5) is 0 Å². The van der Waals surface area contributed by atoms with Gasteiger partial charge in [0.05, 0.1) is 5.75 Å². The molecule has 0 radical (unpaired) electrons. The van der Waals surface area contributed by atoms with Gasteiger partial charge in [-0.3, -0.25) is 9.78 Å². The fourth-order valence-corrected chi connectivity index (χ4v) is 3.59. The molecular weight excluding hydrogens is 308 g/mol. The lowest BCUT2D eigenvalue weighted by atomic mass is 9.90. The van der Waals surface area contributed by atoms with Crippen LogP contribution < -0.4 is 0 Å². The van der Waals surface area contributed by atoms with Crippen LogP contribution in [0.25, 0.3) is 0 Å². The molecule has 2 aromatic heterocycles. The normalized spacial score (nSPS) is 15.6. The fraction of sp³-hybridized carbons (Fsp3) is 0.412. The van der Waals surface area contributed by atoms with E-state index in [2.05, 4.69) is 27.1 Å². The molecule has 3 rings (SSSR count). The second-order valence-corrected chi connectivity index (χ2v) is 6.65. The highest BCUT2D eigenvalue weighted by atomic mass is 32.2. The molecule has 1 amide bonds. The summed E-state index contributed by atoms with van der Waals surface area (Å²) in [5, 5.41) is 0.671. The third-order valence-corrected chi connectivity index (χ3v) is 4.97. The molecule has 1 aliphatic rings. The maximum atomic E-state index is 12.3. The van der Waals surface area contributed by atoms with Crippen molar-refractivity contribution >= 4 is 17.7 Å². The van der Waals surface area contributed by atoms with Crippen LogP contribution in [0.15, 0.2) is 41.9 Å². The quantitative estimate of drug-likeness (QED) is 0.638. The second-order valence-electron chi connectivity index (χ2n) is 5.70. The molecule has 2 aromatic rings. The van der Waals surface area contributed by atoms with E-state index in [0.717, 1.165) is 31.6 Å². The molecule has 3 heterocycles. The van der Waals surface area contributed by atoms with Crippen LogP contribution in [-0.2, 0) is 4.79 Å². The van der Waals surface area contributed by atoms with Crippen molar-refractivity contribution in [3.63, 3.8) is 0 Å². The van der Waals surface area contributed by atoms with Gasteiger partial charge in [-0.25, -0.2) is 9.97 Å². The summed E-state index contributed by atoms with van der Waals surface area (Å²) in [6.07, 6.45) is 7.44. The summed E-state index contributed by atoms with van der Waals surface area (Å²) in [6, 6.07) is 6.01. The van der Waals surface area contributed by atoms with Gasteiger partial charge in [-0.05, 0) is 49.4 Å². The SMILES string of the molecule is Cc1ccnc(SCC(=O)N2CCC(c3ccncc3)CC2)n1. The minimum atomic E-state index is 0.174. The molecule has 23 heavy (non-hydrogen) atoms. The number of carbonyl (C=O) groups is 1. The summed E-state index contributed by atoms with van der Waals surface area (Å²) in [5.74, 6) is 1.12. The fourth-order valence-electron chi connectivity index (χ4n) is 2.81. The van der Waals surface area contributed by atoms with Gasteiger partial charge < -0.3 is 4.90 Å². The first-order valence-electron chi connectivity index (χ1n) is 7.82. The van der Waals surface area contributed by atoms with Crippen LogP contribution in [0, 0.1) is 6.92 Å². The Hall–Kier alpha value is -1.95. The van der Waals surface area contributed by atoms with Crippen LogP contribution in [0.3, 0.4) is 0 Å². The highest BCUT2D eigenvalue weighted by Crippen LogP contribution is 2.28. The van der Waals surface area contributed by atoms with Crippen molar-refractivity contribution in [2.24, 2.45) is 0 Å². The summed E-state index contributed by atoms with van der Waals surface area (Å²) in [4.78, 5) is 26.9. The number of piperidine rings is 1. The van der Waals surface area contributed by atoms with Gasteiger partial charge in [0.2, 0.25) is 5.91 Å². The molecule has 1 saturated heterocycles. The van der Waals surface area contributed by atoms with Gasteiger partial charge in [0, 0.05) is 37.4 Å². The first-order valence-corrected chi connectivity index (χ1v) is 8.81. The van der Waals surface area contributed by atoms with Gasteiger partial charge in [0.25, 0.3) is 0 Å². The van der Waals surface area contributed by atoms with Gasteiger partial charge in [-0.2, -0.15) is 0 Å². The molecule has 0 bridgehead atoms. The number of hydrogen-bond acceptors (Lipinski definition) is 5. The van der Waals surface area contributed by atoms with Crippen LogP contribution >= 0.6 is 11.8 Å². The standard InChI is InChI=1S/C17H20N4OS/c1-13-2-9-19-17(20-13)23-12-16(22)21-10-5-15(6-11-21)14-3-7-18-8-4-14/h2-4,7-9,15H,5-6,10-12H2,1H3. The number of aromatic nitrogens is 3.